The number of nitrogens with one attached hydrogen (secondary N) is 4. The summed E-state index contributed by atoms with van der Waals surface area (Å²) in [5, 5.41) is 30.1. The number of nitrogen functional groups attached to an aromatic ring is 1. The number of imidazole rings is 1. The zero-order valence-electron chi connectivity index (χ0n) is 21.9. The lowest BCUT2D eigenvalue weighted by Crippen LogP contribution is -2.39. The van der Waals surface area contributed by atoms with Crippen molar-refractivity contribution in [1.82, 2.24) is 34.9 Å². The zero-order chi connectivity index (χ0) is 27.9. The van der Waals surface area contributed by atoms with Crippen LogP contribution in [0.15, 0.2) is 6.33 Å². The number of aliphatic hydroxyl groups excluding tert-OH is 2. The van der Waals surface area contributed by atoms with Crippen molar-refractivity contribution in [3.63, 3.8) is 0 Å². The Morgan fingerprint density at radius 2 is 1.92 bits per heavy atom. The summed E-state index contributed by atoms with van der Waals surface area (Å²) in [6.07, 6.45) is 1.16. The third-order valence-electron chi connectivity index (χ3n) is 5.96. The number of fused-ring (bicyclic) bond motifs is 1. The van der Waals surface area contributed by atoms with E-state index in [-0.39, 0.29) is 23.7 Å². The number of anilines is 2. The van der Waals surface area contributed by atoms with Gasteiger partial charge in [-0.15, -0.1) is 0 Å². The van der Waals surface area contributed by atoms with Gasteiger partial charge in [-0.1, -0.05) is 20.3 Å². The van der Waals surface area contributed by atoms with Crippen LogP contribution in [-0.2, 0) is 19.6 Å². The Morgan fingerprint density at radius 1 is 1.16 bits per heavy atom. The maximum atomic E-state index is 12.0. The molecule has 0 bridgehead atoms. The smallest absolute Gasteiger partial charge is 0.226 e. The monoisotopic (exact) mass is 557 g/mol. The van der Waals surface area contributed by atoms with E-state index in [1.807, 2.05) is 13.8 Å². The molecule has 1 aliphatic heterocycles. The van der Waals surface area contributed by atoms with Gasteiger partial charge in [-0.05, 0) is 12.8 Å². The third-order valence-corrected chi connectivity index (χ3v) is 6.69. The van der Waals surface area contributed by atoms with Crippen LogP contribution in [0.5, 0.6) is 0 Å². The Bertz CT molecular complexity index is 1180. The number of ether oxygens (including phenoxy) is 1. The van der Waals surface area contributed by atoms with Gasteiger partial charge in [0.15, 0.2) is 17.7 Å². The molecule has 214 valence electrons. The number of aromatic nitrogens is 4. The Kier molecular flexibility index (Phi) is 10.6. The first-order chi connectivity index (χ1) is 18.0. The molecule has 1 fully saturated rings. The standard InChI is InChI=1S/C22H39N9O6S/c1-13(2)26-11-14-17(33)18(34)21(37-14)31-12-27-16-19(23)29-22(30-20(16)31)25-10-9-24-15(32)7-5-4-6-8-28-38(3,35)36/h12-14,17-18,21,26,28,33-34H,4-11H2,1-3H3,(H,24,32)(H3,23,25,29,30)/t14-,17-,18-,21-/m1/s1. The first-order valence-electron chi connectivity index (χ1n) is 12.7. The fourth-order valence-corrected chi connectivity index (χ4v) is 4.51. The van der Waals surface area contributed by atoms with Crippen LogP contribution in [0.25, 0.3) is 11.2 Å². The Balaban J connectivity index is 1.49. The number of hydrogen-bond acceptors (Lipinski definition) is 12. The lowest BCUT2D eigenvalue weighted by molar-refractivity contribution is -0.121. The number of hydrogen-bond donors (Lipinski definition) is 7. The third kappa shape index (κ3) is 8.44. The number of nitrogens with two attached hydrogens (primary N) is 1. The molecule has 1 aliphatic rings. The molecule has 2 aromatic rings. The highest BCUT2D eigenvalue weighted by Gasteiger charge is 2.44. The Morgan fingerprint density at radius 3 is 2.63 bits per heavy atom. The number of aliphatic hydroxyl groups is 2. The van der Waals surface area contributed by atoms with Gasteiger partial charge in [-0.25, -0.2) is 18.1 Å². The molecule has 3 heterocycles. The van der Waals surface area contributed by atoms with Crippen molar-refractivity contribution in [2.24, 2.45) is 0 Å². The first-order valence-corrected chi connectivity index (χ1v) is 14.6. The molecule has 0 saturated carbocycles. The fourth-order valence-electron chi connectivity index (χ4n) is 3.99. The number of rotatable bonds is 15. The average molecular weight is 558 g/mol. The quantitative estimate of drug-likeness (QED) is 0.127. The number of nitrogens with zero attached hydrogens (tertiary/aromatic N) is 4. The molecule has 8 N–H and O–H groups in total. The molecule has 0 aliphatic carbocycles. The van der Waals surface area contributed by atoms with Gasteiger partial charge in [0.2, 0.25) is 21.9 Å². The molecule has 1 saturated heterocycles. The highest BCUT2D eigenvalue weighted by molar-refractivity contribution is 7.88. The minimum absolute atomic E-state index is 0.107. The van der Waals surface area contributed by atoms with Crippen molar-refractivity contribution in [3.8, 4) is 0 Å². The van der Waals surface area contributed by atoms with Crippen LogP contribution in [-0.4, -0.2) is 101 Å². The molecule has 1 amide bonds. The largest absolute Gasteiger partial charge is 0.387 e. The van der Waals surface area contributed by atoms with E-state index in [0.717, 1.165) is 12.7 Å². The molecule has 15 nitrogen and oxygen atoms in total. The molecular weight excluding hydrogens is 518 g/mol. The predicted molar refractivity (Wildman–Crippen MR) is 142 cm³/mol. The summed E-state index contributed by atoms with van der Waals surface area (Å²) in [4.78, 5) is 24.9. The molecule has 4 atom stereocenters. The number of sulfonamides is 1. The van der Waals surface area contributed by atoms with Crippen molar-refractivity contribution in [1.29, 1.82) is 0 Å². The van der Waals surface area contributed by atoms with Crippen molar-refractivity contribution in [2.75, 3.05) is 43.5 Å². The van der Waals surface area contributed by atoms with Crippen LogP contribution in [0.4, 0.5) is 11.8 Å². The molecule has 2 aromatic heterocycles. The Hall–Kier alpha value is -2.63. The predicted octanol–water partition coefficient (Wildman–Crippen LogP) is -1.34. The summed E-state index contributed by atoms with van der Waals surface area (Å²) < 4.78 is 31.9. The number of carbonyl (C=O) groups excluding carboxylic acids is 1. The van der Waals surface area contributed by atoms with E-state index in [4.69, 9.17) is 10.5 Å². The van der Waals surface area contributed by atoms with Crippen LogP contribution in [0.3, 0.4) is 0 Å². The molecule has 38 heavy (non-hydrogen) atoms. The van der Waals surface area contributed by atoms with E-state index in [1.54, 1.807) is 0 Å². The van der Waals surface area contributed by atoms with E-state index in [2.05, 4.69) is 35.6 Å². The van der Waals surface area contributed by atoms with Crippen molar-refractivity contribution in [2.45, 2.75) is 70.1 Å². The second kappa shape index (κ2) is 13.4. The number of carbonyl (C=O) groups is 1. The molecule has 16 heteroatoms. The number of amides is 1. The van der Waals surface area contributed by atoms with Gasteiger partial charge in [0.05, 0.1) is 12.6 Å². The molecule has 0 spiro atoms. The van der Waals surface area contributed by atoms with Gasteiger partial charge >= 0.3 is 0 Å². The van der Waals surface area contributed by atoms with Gasteiger partial charge in [-0.3, -0.25) is 9.36 Å². The van der Waals surface area contributed by atoms with E-state index in [1.165, 1.54) is 10.9 Å². The van der Waals surface area contributed by atoms with E-state index in [0.29, 0.717) is 56.6 Å². The highest BCUT2D eigenvalue weighted by atomic mass is 32.2. The van der Waals surface area contributed by atoms with E-state index < -0.39 is 34.6 Å². The maximum absolute atomic E-state index is 12.0. The SMILES string of the molecule is CC(C)NC[C@H]1O[C@@H](n2cnc3c(N)nc(NCCNC(=O)CCCCCNS(C)(=O)=O)nc32)[C@H](O)[C@@H]1O. The van der Waals surface area contributed by atoms with Gasteiger partial charge in [0, 0.05) is 38.6 Å². The van der Waals surface area contributed by atoms with Crippen LogP contribution in [0, 0.1) is 0 Å². The average Bonchev–Trinajstić information content (AvgIpc) is 3.38. The molecule has 0 aromatic carbocycles. The molecule has 0 radical (unpaired) electrons. The van der Waals surface area contributed by atoms with Crippen LogP contribution in [0.1, 0.15) is 45.8 Å². The number of unbranched alkanes of at least 4 members (excludes halogenated alkanes) is 2. The topological polar surface area (TPSA) is 219 Å². The van der Waals surface area contributed by atoms with E-state index in [9.17, 15) is 23.4 Å². The van der Waals surface area contributed by atoms with Gasteiger partial charge in [0.25, 0.3) is 0 Å². The summed E-state index contributed by atoms with van der Waals surface area (Å²) in [6, 6.07) is 0.193. The minimum atomic E-state index is -3.18. The summed E-state index contributed by atoms with van der Waals surface area (Å²) in [5.41, 5.74) is 6.74. The summed E-state index contributed by atoms with van der Waals surface area (Å²) in [6.45, 7) is 5.35. The second-order valence-corrected chi connectivity index (χ2v) is 11.5. The van der Waals surface area contributed by atoms with Gasteiger partial charge in [-0.2, -0.15) is 9.97 Å². The van der Waals surface area contributed by atoms with Crippen molar-refractivity contribution >= 4 is 38.9 Å². The second-order valence-electron chi connectivity index (χ2n) is 9.62. The fraction of sp³-hybridized carbons (Fsp3) is 0.727. The van der Waals surface area contributed by atoms with Crippen LogP contribution >= 0.6 is 0 Å². The molecular formula is C22H39N9O6S. The first kappa shape index (κ1) is 29.9. The molecule has 0 unspecified atom stereocenters. The van der Waals surface area contributed by atoms with Gasteiger partial charge < -0.3 is 36.6 Å². The Labute approximate surface area is 222 Å². The normalized spacial score (nSPS) is 21.8. The summed E-state index contributed by atoms with van der Waals surface area (Å²) in [5.74, 6) is 0.247. The van der Waals surface area contributed by atoms with E-state index >= 15 is 0 Å². The maximum Gasteiger partial charge on any atom is 0.226 e. The zero-order valence-corrected chi connectivity index (χ0v) is 22.7. The van der Waals surface area contributed by atoms with Gasteiger partial charge in [0.1, 0.15) is 23.8 Å². The van der Waals surface area contributed by atoms with Crippen molar-refractivity contribution in [3.05, 3.63) is 6.33 Å². The lowest BCUT2D eigenvalue weighted by Gasteiger charge is -2.17. The summed E-state index contributed by atoms with van der Waals surface area (Å²) in [7, 11) is -3.18. The van der Waals surface area contributed by atoms with Crippen LogP contribution in [0.2, 0.25) is 0 Å². The lowest BCUT2D eigenvalue weighted by atomic mass is 10.1. The van der Waals surface area contributed by atoms with Crippen molar-refractivity contribution < 1.29 is 28.2 Å². The van der Waals surface area contributed by atoms with Crippen LogP contribution < -0.4 is 26.4 Å². The highest BCUT2D eigenvalue weighted by Crippen LogP contribution is 2.32. The molecule has 3 rings (SSSR count). The minimum Gasteiger partial charge on any atom is -0.387 e. The summed E-state index contributed by atoms with van der Waals surface area (Å²) >= 11 is 0.